The van der Waals surface area contributed by atoms with Crippen molar-refractivity contribution >= 4 is 16.8 Å². The monoisotopic (exact) mass is 420 g/mol. The molecule has 0 spiro atoms. The number of aromatic nitrogens is 1. The summed E-state index contributed by atoms with van der Waals surface area (Å²) < 4.78 is 26.9. The number of carbonyl (C=O) groups excluding carboxylic acids is 1. The summed E-state index contributed by atoms with van der Waals surface area (Å²) in [5.74, 6) is 0.620. The van der Waals surface area contributed by atoms with Crippen molar-refractivity contribution < 1.29 is 13.6 Å². The zero-order valence-electron chi connectivity index (χ0n) is 17.6. The highest BCUT2D eigenvalue weighted by atomic mass is 19.3. The second-order valence-electron chi connectivity index (χ2n) is 9.12. The Hall–Kier alpha value is -2.82. The first kappa shape index (κ1) is 20.1. The highest BCUT2D eigenvalue weighted by molar-refractivity contribution is 6.09. The van der Waals surface area contributed by atoms with Gasteiger partial charge in [-0.3, -0.25) is 4.79 Å². The SMILES string of the molecule is Cc1c(-c2ccccc2)nc2ccc(C(F)F)cc2c1C(=O)NC12CCC(CC1)CC2. The minimum Gasteiger partial charge on any atom is -0.347 e. The van der Waals surface area contributed by atoms with Crippen molar-refractivity contribution in [2.45, 2.75) is 57.4 Å². The molecule has 0 radical (unpaired) electrons. The zero-order chi connectivity index (χ0) is 21.6. The molecule has 1 heterocycles. The summed E-state index contributed by atoms with van der Waals surface area (Å²) in [4.78, 5) is 18.4. The molecule has 1 aromatic heterocycles. The molecule has 0 unspecified atom stereocenters. The maximum Gasteiger partial charge on any atom is 0.263 e. The largest absolute Gasteiger partial charge is 0.347 e. The van der Waals surface area contributed by atoms with Crippen LogP contribution in [0.1, 0.15) is 66.4 Å². The number of nitrogens with zero attached hydrogens (tertiary/aromatic N) is 1. The molecule has 31 heavy (non-hydrogen) atoms. The molecule has 3 saturated carbocycles. The number of nitrogens with one attached hydrogen (secondary N) is 1. The van der Waals surface area contributed by atoms with E-state index in [1.807, 2.05) is 37.3 Å². The molecule has 3 nitrogen and oxygen atoms in total. The molecule has 0 aliphatic heterocycles. The number of halogens is 2. The Morgan fingerprint density at radius 3 is 2.39 bits per heavy atom. The Balaban J connectivity index is 1.65. The van der Waals surface area contributed by atoms with Gasteiger partial charge < -0.3 is 5.32 Å². The van der Waals surface area contributed by atoms with Crippen molar-refractivity contribution in [3.05, 3.63) is 65.2 Å². The molecule has 5 heteroatoms. The second-order valence-corrected chi connectivity index (χ2v) is 9.12. The minimum atomic E-state index is -2.60. The quantitative estimate of drug-likeness (QED) is 0.517. The second kappa shape index (κ2) is 7.70. The smallest absolute Gasteiger partial charge is 0.263 e. The van der Waals surface area contributed by atoms with Crippen LogP contribution in [0.15, 0.2) is 48.5 Å². The molecule has 1 N–H and O–H groups in total. The van der Waals surface area contributed by atoms with Crippen LogP contribution in [0, 0.1) is 12.8 Å². The fraction of sp³-hybridized carbons (Fsp3) is 0.385. The van der Waals surface area contributed by atoms with Gasteiger partial charge in [0.05, 0.1) is 16.8 Å². The molecular weight excluding hydrogens is 394 g/mol. The topological polar surface area (TPSA) is 42.0 Å². The molecule has 2 bridgehead atoms. The summed E-state index contributed by atoms with van der Waals surface area (Å²) in [6.07, 6.45) is 3.86. The van der Waals surface area contributed by atoms with Crippen molar-refractivity contribution in [2.24, 2.45) is 5.92 Å². The predicted molar refractivity (Wildman–Crippen MR) is 118 cm³/mol. The summed E-state index contributed by atoms with van der Waals surface area (Å²) >= 11 is 0. The highest BCUT2D eigenvalue weighted by Gasteiger charge is 2.41. The molecule has 6 rings (SSSR count). The van der Waals surface area contributed by atoms with Gasteiger partial charge in [0.2, 0.25) is 0 Å². The van der Waals surface area contributed by atoms with Gasteiger partial charge in [0.25, 0.3) is 12.3 Å². The molecule has 2 aromatic carbocycles. The van der Waals surface area contributed by atoms with Gasteiger partial charge in [-0.05, 0) is 69.1 Å². The van der Waals surface area contributed by atoms with Crippen molar-refractivity contribution in [1.29, 1.82) is 0 Å². The number of rotatable bonds is 4. The van der Waals surface area contributed by atoms with Gasteiger partial charge in [-0.25, -0.2) is 13.8 Å². The van der Waals surface area contributed by atoms with Crippen molar-refractivity contribution in [3.63, 3.8) is 0 Å². The summed E-state index contributed by atoms with van der Waals surface area (Å²) in [6, 6.07) is 14.1. The van der Waals surface area contributed by atoms with Crippen LogP contribution in [0.2, 0.25) is 0 Å². The number of hydrogen-bond acceptors (Lipinski definition) is 2. The molecule has 160 valence electrons. The van der Waals surface area contributed by atoms with Crippen LogP contribution in [-0.4, -0.2) is 16.4 Å². The lowest BCUT2D eigenvalue weighted by Crippen LogP contribution is -2.53. The van der Waals surface area contributed by atoms with E-state index in [2.05, 4.69) is 5.32 Å². The van der Waals surface area contributed by atoms with Crippen LogP contribution >= 0.6 is 0 Å². The van der Waals surface area contributed by atoms with Crippen molar-refractivity contribution in [3.8, 4) is 11.3 Å². The summed E-state index contributed by atoms with van der Waals surface area (Å²) in [7, 11) is 0. The Labute approximate surface area is 180 Å². The lowest BCUT2D eigenvalue weighted by molar-refractivity contribution is 0.0715. The fourth-order valence-electron chi connectivity index (χ4n) is 5.42. The third-order valence-corrected chi connectivity index (χ3v) is 7.25. The van der Waals surface area contributed by atoms with E-state index in [0.29, 0.717) is 22.2 Å². The molecule has 1 amide bonds. The number of carbonyl (C=O) groups is 1. The molecule has 0 saturated heterocycles. The third-order valence-electron chi connectivity index (χ3n) is 7.25. The van der Waals surface area contributed by atoms with E-state index in [0.717, 1.165) is 55.6 Å². The average Bonchev–Trinajstić information content (AvgIpc) is 2.79. The molecule has 3 aliphatic rings. The first-order chi connectivity index (χ1) is 15.0. The number of fused-ring (bicyclic) bond motifs is 4. The molecule has 3 aliphatic carbocycles. The van der Waals surface area contributed by atoms with E-state index in [4.69, 9.17) is 4.98 Å². The first-order valence-corrected chi connectivity index (χ1v) is 11.1. The number of alkyl halides is 2. The number of hydrogen-bond donors (Lipinski definition) is 1. The Kier molecular flexibility index (Phi) is 4.99. The van der Waals surface area contributed by atoms with Gasteiger partial charge in [0, 0.05) is 22.1 Å². The maximum absolute atomic E-state index is 13.7. The van der Waals surface area contributed by atoms with Gasteiger partial charge in [-0.1, -0.05) is 36.4 Å². The van der Waals surface area contributed by atoms with Gasteiger partial charge in [0.1, 0.15) is 0 Å². The lowest BCUT2D eigenvalue weighted by atomic mass is 9.65. The summed E-state index contributed by atoms with van der Waals surface area (Å²) in [6.45, 7) is 1.87. The number of pyridine rings is 1. The maximum atomic E-state index is 13.7. The van der Waals surface area contributed by atoms with E-state index < -0.39 is 6.43 Å². The Morgan fingerprint density at radius 1 is 1.06 bits per heavy atom. The summed E-state index contributed by atoms with van der Waals surface area (Å²) in [5, 5.41) is 3.84. The van der Waals surface area contributed by atoms with Crippen molar-refractivity contribution in [2.75, 3.05) is 0 Å². The first-order valence-electron chi connectivity index (χ1n) is 11.1. The lowest BCUT2D eigenvalue weighted by Gasteiger charge is -2.47. The normalized spacial score (nSPS) is 22.8. The van der Waals surface area contributed by atoms with Crippen LogP contribution in [0.4, 0.5) is 8.78 Å². The van der Waals surface area contributed by atoms with E-state index in [1.54, 1.807) is 6.07 Å². The number of amides is 1. The Bertz CT molecular complexity index is 1120. The minimum absolute atomic E-state index is 0.0912. The van der Waals surface area contributed by atoms with Crippen LogP contribution < -0.4 is 5.32 Å². The predicted octanol–water partition coefficient (Wildman–Crippen LogP) is 6.60. The van der Waals surface area contributed by atoms with E-state index in [9.17, 15) is 13.6 Å². The molecule has 3 fully saturated rings. The van der Waals surface area contributed by atoms with Crippen LogP contribution in [0.3, 0.4) is 0 Å². The van der Waals surface area contributed by atoms with Crippen LogP contribution in [-0.2, 0) is 0 Å². The van der Waals surface area contributed by atoms with Crippen LogP contribution in [0.25, 0.3) is 22.2 Å². The summed E-state index contributed by atoms with van der Waals surface area (Å²) in [5.41, 5.74) is 3.12. The standard InChI is InChI=1S/C26H26F2N2O/c1-16-22(25(31)30-26-12-9-17(10-13-26)11-14-26)20-15-19(24(27)28)7-8-21(20)29-23(16)18-5-3-2-4-6-18/h2-8,15,17,24H,9-14H2,1H3,(H,30,31). The van der Waals surface area contributed by atoms with Gasteiger partial charge in [-0.15, -0.1) is 0 Å². The zero-order valence-corrected chi connectivity index (χ0v) is 17.6. The Morgan fingerprint density at radius 2 is 1.74 bits per heavy atom. The number of benzene rings is 2. The average molecular weight is 421 g/mol. The van der Waals surface area contributed by atoms with Gasteiger partial charge in [-0.2, -0.15) is 0 Å². The molecule has 0 atom stereocenters. The third kappa shape index (κ3) is 3.60. The highest BCUT2D eigenvalue weighted by Crippen LogP contribution is 2.44. The van der Waals surface area contributed by atoms with E-state index >= 15 is 0 Å². The van der Waals surface area contributed by atoms with Crippen molar-refractivity contribution in [1.82, 2.24) is 10.3 Å². The van der Waals surface area contributed by atoms with Gasteiger partial charge >= 0.3 is 0 Å². The molecule has 3 aromatic rings. The molecular formula is C26H26F2N2O. The van der Waals surface area contributed by atoms with E-state index in [-0.39, 0.29) is 17.0 Å². The van der Waals surface area contributed by atoms with Crippen LogP contribution in [0.5, 0.6) is 0 Å². The van der Waals surface area contributed by atoms with E-state index in [1.165, 1.54) is 12.1 Å². The van der Waals surface area contributed by atoms with Gasteiger partial charge in [0.15, 0.2) is 0 Å². The fourth-order valence-corrected chi connectivity index (χ4v) is 5.42.